The van der Waals surface area contributed by atoms with E-state index < -0.39 is 15.9 Å². The molecule has 7 heteroatoms. The average Bonchev–Trinajstić information content (AvgIpc) is 2.60. The number of aryl methyl sites for hydroxylation is 3. The summed E-state index contributed by atoms with van der Waals surface area (Å²) >= 11 is 0. The molecule has 6 nitrogen and oxygen atoms in total. The van der Waals surface area contributed by atoms with Crippen LogP contribution < -0.4 is 9.73 Å². The third-order valence-corrected chi connectivity index (χ3v) is 5.71. The van der Waals surface area contributed by atoms with Gasteiger partial charge in [0.25, 0.3) is 15.9 Å². The molecule has 2 aromatic carbocycles. The fraction of sp³-hybridized carbons (Fsp3) is 0.300. The van der Waals surface area contributed by atoms with Crippen molar-refractivity contribution in [3.8, 4) is 0 Å². The van der Waals surface area contributed by atoms with Gasteiger partial charge in [-0.05, 0) is 63.9 Å². The highest BCUT2D eigenvalue weighted by molar-refractivity contribution is 7.92. The summed E-state index contributed by atoms with van der Waals surface area (Å²) in [5, 5.41) is 3.87. The Bertz CT molecular complexity index is 960. The van der Waals surface area contributed by atoms with E-state index in [1.165, 1.54) is 0 Å². The van der Waals surface area contributed by atoms with Gasteiger partial charge in [0.15, 0.2) is 0 Å². The number of carbonyl (C=O) groups is 1. The van der Waals surface area contributed by atoms with Gasteiger partial charge in [-0.1, -0.05) is 29.8 Å². The van der Waals surface area contributed by atoms with Gasteiger partial charge < -0.3 is 0 Å². The number of anilines is 1. The minimum Gasteiger partial charge on any atom is -0.271 e. The molecule has 0 saturated carbocycles. The van der Waals surface area contributed by atoms with Crippen LogP contribution in [0.1, 0.15) is 30.5 Å². The molecule has 1 N–H and O–H groups in total. The normalized spacial score (nSPS) is 11.0. The first kappa shape index (κ1) is 20.6. The quantitative estimate of drug-likeness (QED) is 0.610. The van der Waals surface area contributed by atoms with Crippen LogP contribution in [-0.2, 0) is 14.8 Å². The van der Waals surface area contributed by atoms with E-state index in [1.807, 2.05) is 32.9 Å². The van der Waals surface area contributed by atoms with Gasteiger partial charge in [0, 0.05) is 5.71 Å². The molecule has 27 heavy (non-hydrogen) atoms. The lowest BCUT2D eigenvalue weighted by atomic mass is 10.1. The van der Waals surface area contributed by atoms with Crippen molar-refractivity contribution in [3.05, 3.63) is 59.2 Å². The Morgan fingerprint density at radius 1 is 1.00 bits per heavy atom. The summed E-state index contributed by atoms with van der Waals surface area (Å²) in [5.74, 6) is -0.507. The van der Waals surface area contributed by atoms with Crippen LogP contribution >= 0.6 is 0 Å². The highest BCUT2D eigenvalue weighted by Crippen LogP contribution is 2.28. The number of sulfonamides is 1. The molecular weight excluding hydrogens is 362 g/mol. The molecule has 0 bridgehead atoms. The molecule has 2 aromatic rings. The highest BCUT2D eigenvalue weighted by Gasteiger charge is 2.28. The van der Waals surface area contributed by atoms with Gasteiger partial charge in [-0.2, -0.15) is 5.10 Å². The summed E-state index contributed by atoms with van der Waals surface area (Å²) in [6, 6.07) is 12.1. The number of rotatable bonds is 6. The lowest BCUT2D eigenvalue weighted by molar-refractivity contribution is -0.119. The second kappa shape index (κ2) is 8.35. The molecule has 0 atom stereocenters. The fourth-order valence-corrected chi connectivity index (χ4v) is 3.94. The van der Waals surface area contributed by atoms with E-state index >= 15 is 0 Å². The molecule has 0 aliphatic carbocycles. The van der Waals surface area contributed by atoms with Crippen molar-refractivity contribution in [3.63, 3.8) is 0 Å². The third kappa shape index (κ3) is 5.17. The van der Waals surface area contributed by atoms with Gasteiger partial charge in [-0.25, -0.2) is 13.8 Å². The summed E-state index contributed by atoms with van der Waals surface area (Å²) in [7, 11) is -3.92. The molecule has 1 amide bonds. The largest absolute Gasteiger partial charge is 0.271 e. The Hall–Kier alpha value is -2.67. The number of amides is 1. The number of nitrogens with one attached hydrogen (secondary N) is 1. The lowest BCUT2D eigenvalue weighted by Gasteiger charge is -2.25. The number of benzene rings is 2. The van der Waals surface area contributed by atoms with Gasteiger partial charge >= 0.3 is 0 Å². The molecule has 0 aromatic heterocycles. The molecule has 0 saturated heterocycles. The van der Waals surface area contributed by atoms with E-state index in [2.05, 4.69) is 10.5 Å². The molecular formula is C20H25N3O3S. The molecule has 0 radical (unpaired) electrons. The third-order valence-electron chi connectivity index (χ3n) is 3.93. The van der Waals surface area contributed by atoms with Gasteiger partial charge in [0.05, 0.1) is 10.6 Å². The van der Waals surface area contributed by atoms with Crippen LogP contribution in [0.5, 0.6) is 0 Å². The predicted molar refractivity (Wildman–Crippen MR) is 109 cm³/mol. The minimum atomic E-state index is -3.92. The van der Waals surface area contributed by atoms with Crippen LogP contribution in [0.15, 0.2) is 52.5 Å². The average molecular weight is 388 g/mol. The fourth-order valence-electron chi connectivity index (χ4n) is 2.47. The van der Waals surface area contributed by atoms with Crippen molar-refractivity contribution in [1.82, 2.24) is 5.43 Å². The van der Waals surface area contributed by atoms with E-state index in [9.17, 15) is 13.2 Å². The number of carbonyl (C=O) groups excluding carboxylic acids is 1. The molecule has 0 aliphatic rings. The number of hydrogen-bond donors (Lipinski definition) is 1. The summed E-state index contributed by atoms with van der Waals surface area (Å²) in [6.07, 6.45) is 0. The summed E-state index contributed by atoms with van der Waals surface area (Å²) in [6.45, 7) is 8.70. The zero-order chi connectivity index (χ0) is 20.2. The van der Waals surface area contributed by atoms with Crippen molar-refractivity contribution in [1.29, 1.82) is 0 Å². The molecule has 144 valence electrons. The first-order valence-corrected chi connectivity index (χ1v) is 10.0. The smallest absolute Gasteiger partial charge is 0.264 e. The molecule has 2 rings (SSSR count). The maximum atomic E-state index is 13.3. The molecule has 0 unspecified atom stereocenters. The zero-order valence-electron chi connectivity index (χ0n) is 16.3. The Balaban J connectivity index is 2.52. The monoisotopic (exact) mass is 387 g/mol. The van der Waals surface area contributed by atoms with E-state index in [4.69, 9.17) is 0 Å². The van der Waals surface area contributed by atoms with E-state index in [1.54, 1.807) is 44.2 Å². The Morgan fingerprint density at radius 3 is 2.19 bits per heavy atom. The predicted octanol–water partition coefficient (Wildman–Crippen LogP) is 3.32. The number of nitrogens with zero attached hydrogens (tertiary/aromatic N) is 2. The number of hydrogen-bond acceptors (Lipinski definition) is 4. The van der Waals surface area contributed by atoms with Crippen molar-refractivity contribution >= 4 is 27.3 Å². The standard InChI is InChI=1S/C20H25N3O3S/c1-14(2)21-22-20(24)13-23(19-12-16(4)6-9-17(19)5)27(25,26)18-10-7-15(3)8-11-18/h6-12H,13H2,1-5H3,(H,22,24). The van der Waals surface area contributed by atoms with Crippen LogP contribution in [0.4, 0.5) is 5.69 Å². The summed E-state index contributed by atoms with van der Waals surface area (Å²) < 4.78 is 27.7. The van der Waals surface area contributed by atoms with Crippen molar-refractivity contribution in [2.75, 3.05) is 10.8 Å². The minimum absolute atomic E-state index is 0.136. The van der Waals surface area contributed by atoms with Crippen LogP contribution in [0, 0.1) is 20.8 Å². The number of hydrazone groups is 1. The van der Waals surface area contributed by atoms with E-state index in [0.29, 0.717) is 11.4 Å². The van der Waals surface area contributed by atoms with Crippen LogP contribution in [0.2, 0.25) is 0 Å². The van der Waals surface area contributed by atoms with Crippen LogP contribution in [-0.4, -0.2) is 26.6 Å². The van der Waals surface area contributed by atoms with Crippen molar-refractivity contribution in [2.45, 2.75) is 39.5 Å². The maximum Gasteiger partial charge on any atom is 0.264 e. The van der Waals surface area contributed by atoms with Crippen molar-refractivity contribution < 1.29 is 13.2 Å². The first-order valence-electron chi connectivity index (χ1n) is 8.57. The summed E-state index contributed by atoms with van der Waals surface area (Å²) in [4.78, 5) is 12.5. The van der Waals surface area contributed by atoms with Gasteiger partial charge in [0.2, 0.25) is 0 Å². The molecule has 0 aliphatic heterocycles. The Kier molecular flexibility index (Phi) is 6.38. The zero-order valence-corrected chi connectivity index (χ0v) is 17.1. The molecule has 0 heterocycles. The van der Waals surface area contributed by atoms with E-state index in [0.717, 1.165) is 21.0 Å². The maximum absolute atomic E-state index is 13.3. The SMILES string of the molecule is CC(C)=NNC(=O)CN(c1cc(C)ccc1C)S(=O)(=O)c1ccc(C)cc1. The molecule has 0 spiro atoms. The Morgan fingerprint density at radius 2 is 1.59 bits per heavy atom. The van der Waals surface area contributed by atoms with Crippen LogP contribution in [0.25, 0.3) is 0 Å². The lowest BCUT2D eigenvalue weighted by Crippen LogP contribution is -2.40. The topological polar surface area (TPSA) is 78.8 Å². The second-order valence-corrected chi connectivity index (χ2v) is 8.57. The highest BCUT2D eigenvalue weighted by atomic mass is 32.2. The van der Waals surface area contributed by atoms with Crippen LogP contribution in [0.3, 0.4) is 0 Å². The van der Waals surface area contributed by atoms with Gasteiger partial charge in [0.1, 0.15) is 6.54 Å². The van der Waals surface area contributed by atoms with Crippen molar-refractivity contribution in [2.24, 2.45) is 5.10 Å². The van der Waals surface area contributed by atoms with Gasteiger partial charge in [-0.15, -0.1) is 0 Å². The molecule has 0 fully saturated rings. The second-order valence-electron chi connectivity index (χ2n) is 6.71. The Labute approximate surface area is 161 Å². The first-order chi connectivity index (χ1) is 12.6. The summed E-state index contributed by atoms with van der Waals surface area (Å²) in [5.41, 5.74) is 6.16. The van der Waals surface area contributed by atoms with E-state index in [-0.39, 0.29) is 11.4 Å². The van der Waals surface area contributed by atoms with Gasteiger partial charge in [-0.3, -0.25) is 9.10 Å².